The van der Waals surface area contributed by atoms with Gasteiger partial charge in [0.1, 0.15) is 5.75 Å². The van der Waals surface area contributed by atoms with Crippen LogP contribution in [0.1, 0.15) is 30.4 Å². The molecule has 2 atom stereocenters. The first kappa shape index (κ1) is 18.0. The van der Waals surface area contributed by atoms with Crippen LogP contribution in [0.2, 0.25) is 0 Å². The molecule has 0 aliphatic heterocycles. The van der Waals surface area contributed by atoms with Crippen molar-refractivity contribution in [3.05, 3.63) is 65.7 Å². The molecule has 2 aromatic carbocycles. The Morgan fingerprint density at radius 2 is 1.79 bits per heavy atom. The molecular weight excluding hydrogens is 302 g/mol. The summed E-state index contributed by atoms with van der Waals surface area (Å²) in [5.74, 6) is 0.860. The van der Waals surface area contributed by atoms with E-state index < -0.39 is 0 Å². The van der Waals surface area contributed by atoms with E-state index in [1.807, 2.05) is 61.5 Å². The fourth-order valence-electron chi connectivity index (χ4n) is 2.67. The van der Waals surface area contributed by atoms with Crippen molar-refractivity contribution < 1.29 is 14.6 Å². The number of methoxy groups -OCH3 is 1. The van der Waals surface area contributed by atoms with Crippen LogP contribution in [-0.2, 0) is 11.2 Å². The van der Waals surface area contributed by atoms with Crippen LogP contribution in [0, 0.1) is 0 Å². The van der Waals surface area contributed by atoms with Gasteiger partial charge in [-0.15, -0.1) is 0 Å². The van der Waals surface area contributed by atoms with Crippen molar-refractivity contribution in [2.45, 2.75) is 31.7 Å². The molecule has 2 rings (SSSR count). The summed E-state index contributed by atoms with van der Waals surface area (Å²) < 4.78 is 5.15. The fourth-order valence-corrected chi connectivity index (χ4v) is 2.67. The number of hydrogen-bond donors (Lipinski definition) is 2. The molecule has 128 valence electrons. The predicted molar refractivity (Wildman–Crippen MR) is 95.2 cm³/mol. The van der Waals surface area contributed by atoms with Crippen molar-refractivity contribution in [3.8, 4) is 5.75 Å². The molecule has 0 aliphatic carbocycles. The minimum atomic E-state index is -0.261. The number of aliphatic hydroxyl groups is 1. The van der Waals surface area contributed by atoms with Gasteiger partial charge in [-0.3, -0.25) is 4.79 Å². The lowest BCUT2D eigenvalue weighted by atomic mass is 9.97. The molecule has 0 saturated heterocycles. The Kier molecular flexibility index (Phi) is 6.82. The van der Waals surface area contributed by atoms with Crippen molar-refractivity contribution in [1.29, 1.82) is 0 Å². The molecule has 2 N–H and O–H groups in total. The molecule has 0 aliphatic rings. The van der Waals surface area contributed by atoms with Crippen LogP contribution in [0.3, 0.4) is 0 Å². The minimum Gasteiger partial charge on any atom is -0.497 e. The van der Waals surface area contributed by atoms with E-state index in [2.05, 4.69) is 5.32 Å². The Hall–Kier alpha value is -2.33. The summed E-state index contributed by atoms with van der Waals surface area (Å²) in [6.45, 7) is 1.95. The predicted octanol–water partition coefficient (Wildman–Crippen LogP) is 2.91. The minimum absolute atomic E-state index is 0.0479. The molecule has 0 saturated carbocycles. The molecule has 2 aromatic rings. The van der Waals surface area contributed by atoms with Gasteiger partial charge in [0, 0.05) is 6.42 Å². The van der Waals surface area contributed by atoms with Crippen molar-refractivity contribution in [3.63, 3.8) is 0 Å². The monoisotopic (exact) mass is 327 g/mol. The quantitative estimate of drug-likeness (QED) is 0.784. The normalized spacial score (nSPS) is 13.1. The smallest absolute Gasteiger partial charge is 0.220 e. The average molecular weight is 327 g/mol. The molecule has 0 fully saturated rings. The highest BCUT2D eigenvalue weighted by atomic mass is 16.5. The highest BCUT2D eigenvalue weighted by Crippen LogP contribution is 2.21. The van der Waals surface area contributed by atoms with E-state index in [1.165, 1.54) is 0 Å². The molecule has 0 radical (unpaired) electrons. The second kappa shape index (κ2) is 9.08. The zero-order chi connectivity index (χ0) is 17.4. The molecule has 1 amide bonds. The fraction of sp³-hybridized carbons (Fsp3) is 0.350. The summed E-state index contributed by atoms with van der Waals surface area (Å²) in [6, 6.07) is 17.3. The highest BCUT2D eigenvalue weighted by molar-refractivity contribution is 5.77. The van der Waals surface area contributed by atoms with E-state index in [0.29, 0.717) is 12.8 Å². The van der Waals surface area contributed by atoms with E-state index in [1.54, 1.807) is 7.11 Å². The van der Waals surface area contributed by atoms with Gasteiger partial charge in [-0.05, 0) is 35.6 Å². The molecule has 24 heavy (non-hydrogen) atoms. The van der Waals surface area contributed by atoms with Gasteiger partial charge in [-0.25, -0.2) is 0 Å². The van der Waals surface area contributed by atoms with Crippen molar-refractivity contribution in [1.82, 2.24) is 5.32 Å². The molecule has 0 bridgehead atoms. The second-order valence-electron chi connectivity index (χ2n) is 6.02. The zero-order valence-corrected chi connectivity index (χ0v) is 14.2. The topological polar surface area (TPSA) is 58.6 Å². The Bertz CT molecular complexity index is 625. The van der Waals surface area contributed by atoms with Crippen LogP contribution in [-0.4, -0.2) is 30.8 Å². The summed E-state index contributed by atoms with van der Waals surface area (Å²) in [6.07, 6.45) is 1.01. The number of amides is 1. The van der Waals surface area contributed by atoms with Gasteiger partial charge in [0.2, 0.25) is 5.91 Å². The number of benzene rings is 2. The molecule has 4 heteroatoms. The van der Waals surface area contributed by atoms with Gasteiger partial charge in [0.15, 0.2) is 0 Å². The Morgan fingerprint density at radius 3 is 2.38 bits per heavy atom. The van der Waals surface area contributed by atoms with Gasteiger partial charge in [-0.1, -0.05) is 49.4 Å². The lowest BCUT2D eigenvalue weighted by Crippen LogP contribution is -2.39. The first-order valence-corrected chi connectivity index (χ1v) is 8.20. The Balaban J connectivity index is 1.88. The largest absolute Gasteiger partial charge is 0.497 e. The van der Waals surface area contributed by atoms with Crippen LogP contribution >= 0.6 is 0 Å². The van der Waals surface area contributed by atoms with Crippen LogP contribution < -0.4 is 10.1 Å². The summed E-state index contributed by atoms with van der Waals surface area (Å²) in [4.78, 5) is 12.3. The van der Waals surface area contributed by atoms with E-state index in [9.17, 15) is 9.90 Å². The highest BCUT2D eigenvalue weighted by Gasteiger charge is 2.16. The number of carbonyl (C=O) groups is 1. The third-order valence-corrected chi connectivity index (χ3v) is 4.09. The molecule has 0 spiro atoms. The standard InChI is InChI=1S/C20H25NO3/c1-15(17-8-10-19(24-2)11-9-17)12-20(23)21-18(14-22)13-16-6-4-3-5-7-16/h3-11,15,18,22H,12-14H2,1-2H3,(H,21,23). The molecule has 4 nitrogen and oxygen atoms in total. The summed E-state index contributed by atoms with van der Waals surface area (Å²) >= 11 is 0. The summed E-state index contributed by atoms with van der Waals surface area (Å²) in [5, 5.41) is 12.4. The third-order valence-electron chi connectivity index (χ3n) is 4.09. The maximum absolute atomic E-state index is 12.3. The number of carbonyl (C=O) groups excluding carboxylic acids is 1. The zero-order valence-electron chi connectivity index (χ0n) is 14.2. The Morgan fingerprint density at radius 1 is 1.12 bits per heavy atom. The van der Waals surface area contributed by atoms with Crippen molar-refractivity contribution in [2.24, 2.45) is 0 Å². The lowest BCUT2D eigenvalue weighted by molar-refractivity contribution is -0.122. The van der Waals surface area contributed by atoms with E-state index in [0.717, 1.165) is 16.9 Å². The van der Waals surface area contributed by atoms with Crippen LogP contribution in [0.5, 0.6) is 5.75 Å². The van der Waals surface area contributed by atoms with Crippen LogP contribution in [0.4, 0.5) is 0 Å². The maximum Gasteiger partial charge on any atom is 0.220 e. The molecule has 2 unspecified atom stereocenters. The SMILES string of the molecule is COc1ccc(C(C)CC(=O)NC(CO)Cc2ccccc2)cc1. The van der Waals surface area contributed by atoms with Crippen molar-refractivity contribution in [2.75, 3.05) is 13.7 Å². The Labute approximate surface area is 143 Å². The first-order valence-electron chi connectivity index (χ1n) is 8.20. The first-order chi connectivity index (χ1) is 11.6. The van der Waals surface area contributed by atoms with Crippen LogP contribution in [0.25, 0.3) is 0 Å². The number of hydrogen-bond acceptors (Lipinski definition) is 3. The lowest BCUT2D eigenvalue weighted by Gasteiger charge is -2.18. The van der Waals surface area contributed by atoms with Gasteiger partial charge in [0.25, 0.3) is 0 Å². The van der Waals surface area contributed by atoms with Gasteiger partial charge < -0.3 is 15.2 Å². The molecule has 0 aromatic heterocycles. The average Bonchev–Trinajstić information content (AvgIpc) is 2.62. The number of rotatable bonds is 8. The third kappa shape index (κ3) is 5.39. The number of aliphatic hydroxyl groups excluding tert-OH is 1. The van der Waals surface area contributed by atoms with Gasteiger partial charge >= 0.3 is 0 Å². The van der Waals surface area contributed by atoms with Crippen LogP contribution in [0.15, 0.2) is 54.6 Å². The number of ether oxygens (including phenoxy) is 1. The molecule has 0 heterocycles. The second-order valence-corrected chi connectivity index (χ2v) is 6.02. The van der Waals surface area contributed by atoms with E-state index >= 15 is 0 Å². The van der Waals surface area contributed by atoms with Gasteiger partial charge in [-0.2, -0.15) is 0 Å². The maximum atomic E-state index is 12.3. The van der Waals surface area contributed by atoms with E-state index in [-0.39, 0.29) is 24.5 Å². The van der Waals surface area contributed by atoms with Crippen molar-refractivity contribution >= 4 is 5.91 Å². The summed E-state index contributed by atoms with van der Waals surface area (Å²) in [5.41, 5.74) is 2.19. The molecular formula is C20H25NO3. The number of nitrogens with one attached hydrogen (secondary N) is 1. The summed E-state index contributed by atoms with van der Waals surface area (Å²) in [7, 11) is 1.63. The van der Waals surface area contributed by atoms with Gasteiger partial charge in [0.05, 0.1) is 19.8 Å². The van der Waals surface area contributed by atoms with E-state index in [4.69, 9.17) is 4.74 Å².